The molecule has 1 aromatic rings. The van der Waals surface area contributed by atoms with E-state index in [1.807, 2.05) is 11.8 Å². The molecule has 0 unspecified atom stereocenters. The average molecular weight is 383 g/mol. The topological polar surface area (TPSA) is 54.0 Å². The predicted octanol–water partition coefficient (Wildman–Crippen LogP) is 2.66. The van der Waals surface area contributed by atoms with Crippen molar-refractivity contribution in [3.05, 3.63) is 22.4 Å². The number of methoxy groups -OCH3 is 1. The van der Waals surface area contributed by atoms with Crippen LogP contribution in [-0.2, 0) is 23.7 Å². The lowest BCUT2D eigenvalue weighted by atomic mass is 9.56. The second kappa shape index (κ2) is 5.70. The molecule has 7 atom stereocenters. The first kappa shape index (κ1) is 16.6. The molecule has 0 aliphatic carbocycles. The lowest BCUT2D eigenvalue weighted by Crippen LogP contribution is -2.62. The molecule has 5 rings (SSSR count). The van der Waals surface area contributed by atoms with Crippen molar-refractivity contribution in [1.82, 2.24) is 0 Å². The van der Waals surface area contributed by atoms with Gasteiger partial charge in [0, 0.05) is 36.3 Å². The van der Waals surface area contributed by atoms with Crippen LogP contribution in [0.25, 0.3) is 0 Å². The minimum absolute atomic E-state index is 0.00911. The standard InChI is InChI=1S/C18H22O5S2/c1-10(19)21-8-18-13-7-24-9-17(18)6-11(12-4-3-5-25-12)15(23-17)14(18)16(20-2)22-13/h3-5,11,13-16H,6-9H2,1-2H3/t11-,13-,14-,15+,16+,17+,18+/m1/s1. The average Bonchev–Trinajstić information content (AvgIpc) is 3.34. The molecule has 0 aromatic carbocycles. The van der Waals surface area contributed by atoms with Gasteiger partial charge in [-0.2, -0.15) is 11.8 Å². The SMILES string of the molecule is CO[C@H]1O[C@@H]2CSC[C@]34C[C@H](c5cccs5)[C@H](O3)[C@H]1[C@]24COC(C)=O. The minimum atomic E-state index is -0.298. The Hall–Kier alpha value is -0.600. The first-order valence-electron chi connectivity index (χ1n) is 8.72. The van der Waals surface area contributed by atoms with Crippen LogP contribution in [-0.4, -0.2) is 55.3 Å². The fourth-order valence-electron chi connectivity index (χ4n) is 5.61. The Morgan fingerprint density at radius 1 is 1.48 bits per heavy atom. The predicted molar refractivity (Wildman–Crippen MR) is 94.8 cm³/mol. The Balaban J connectivity index is 1.59. The third-order valence-electron chi connectivity index (χ3n) is 6.53. The van der Waals surface area contributed by atoms with Gasteiger partial charge in [-0.05, 0) is 17.9 Å². The molecule has 1 aromatic heterocycles. The molecule has 136 valence electrons. The van der Waals surface area contributed by atoms with Crippen LogP contribution < -0.4 is 0 Å². The largest absolute Gasteiger partial charge is 0.465 e. The number of fused-ring (bicyclic) bond motifs is 2. The van der Waals surface area contributed by atoms with Crippen molar-refractivity contribution in [2.24, 2.45) is 11.3 Å². The van der Waals surface area contributed by atoms with E-state index in [-0.39, 0.29) is 41.4 Å². The molecule has 0 saturated carbocycles. The molecule has 4 aliphatic heterocycles. The van der Waals surface area contributed by atoms with E-state index in [4.69, 9.17) is 18.9 Å². The van der Waals surface area contributed by atoms with Gasteiger partial charge in [-0.3, -0.25) is 4.79 Å². The Bertz CT molecular complexity index is 679. The zero-order chi connectivity index (χ0) is 17.2. The van der Waals surface area contributed by atoms with Crippen LogP contribution in [0.1, 0.15) is 24.1 Å². The Morgan fingerprint density at radius 3 is 3.08 bits per heavy atom. The zero-order valence-corrected chi connectivity index (χ0v) is 15.9. The lowest BCUT2D eigenvalue weighted by molar-refractivity contribution is -0.165. The molecule has 1 spiro atoms. The molecular formula is C18H22O5S2. The van der Waals surface area contributed by atoms with Crippen LogP contribution in [0.15, 0.2) is 17.5 Å². The Labute approximate surface area is 155 Å². The van der Waals surface area contributed by atoms with Crippen molar-refractivity contribution in [3.8, 4) is 0 Å². The molecule has 7 heteroatoms. The zero-order valence-electron chi connectivity index (χ0n) is 14.3. The first-order valence-corrected chi connectivity index (χ1v) is 10.8. The maximum atomic E-state index is 11.6. The van der Waals surface area contributed by atoms with Crippen LogP contribution in [0, 0.1) is 11.3 Å². The number of hydrogen-bond acceptors (Lipinski definition) is 7. The summed E-state index contributed by atoms with van der Waals surface area (Å²) in [4.78, 5) is 12.9. The highest BCUT2D eigenvalue weighted by Gasteiger charge is 2.80. The highest BCUT2D eigenvalue weighted by Crippen LogP contribution is 2.71. The molecule has 0 radical (unpaired) electrons. The molecular weight excluding hydrogens is 360 g/mol. The number of rotatable bonds is 4. The monoisotopic (exact) mass is 382 g/mol. The second-order valence-electron chi connectivity index (χ2n) is 7.49. The molecule has 25 heavy (non-hydrogen) atoms. The van der Waals surface area contributed by atoms with Crippen molar-refractivity contribution in [1.29, 1.82) is 0 Å². The number of esters is 1. The molecule has 4 aliphatic rings. The summed E-state index contributed by atoms with van der Waals surface area (Å²) < 4.78 is 24.4. The number of ether oxygens (including phenoxy) is 4. The Kier molecular flexibility index (Phi) is 3.77. The third kappa shape index (κ3) is 2.04. The van der Waals surface area contributed by atoms with Gasteiger partial charge in [-0.25, -0.2) is 0 Å². The summed E-state index contributed by atoms with van der Waals surface area (Å²) in [6, 6.07) is 4.31. The van der Waals surface area contributed by atoms with Gasteiger partial charge in [0.15, 0.2) is 6.29 Å². The van der Waals surface area contributed by atoms with Gasteiger partial charge in [0.2, 0.25) is 0 Å². The van der Waals surface area contributed by atoms with Crippen LogP contribution >= 0.6 is 23.1 Å². The van der Waals surface area contributed by atoms with Crippen molar-refractivity contribution in [2.75, 3.05) is 25.2 Å². The summed E-state index contributed by atoms with van der Waals surface area (Å²) in [7, 11) is 1.70. The van der Waals surface area contributed by atoms with E-state index in [0.29, 0.717) is 12.5 Å². The van der Waals surface area contributed by atoms with E-state index in [1.54, 1.807) is 18.4 Å². The molecule has 4 saturated heterocycles. The van der Waals surface area contributed by atoms with Crippen molar-refractivity contribution in [3.63, 3.8) is 0 Å². The molecule has 0 amide bonds. The summed E-state index contributed by atoms with van der Waals surface area (Å²) in [6.07, 6.45) is 0.741. The van der Waals surface area contributed by atoms with Gasteiger partial charge in [0.1, 0.15) is 6.61 Å². The van der Waals surface area contributed by atoms with Crippen LogP contribution in [0.5, 0.6) is 0 Å². The van der Waals surface area contributed by atoms with Crippen LogP contribution in [0.2, 0.25) is 0 Å². The molecule has 5 heterocycles. The highest BCUT2D eigenvalue weighted by atomic mass is 32.2. The van der Waals surface area contributed by atoms with E-state index in [1.165, 1.54) is 11.8 Å². The van der Waals surface area contributed by atoms with Gasteiger partial charge < -0.3 is 18.9 Å². The summed E-state index contributed by atoms with van der Waals surface area (Å²) in [5, 5.41) is 2.13. The van der Waals surface area contributed by atoms with Gasteiger partial charge in [-0.15, -0.1) is 11.3 Å². The maximum absolute atomic E-state index is 11.6. The summed E-state index contributed by atoms with van der Waals surface area (Å²) in [5.74, 6) is 2.06. The number of thioether (sulfide) groups is 1. The fraction of sp³-hybridized carbons (Fsp3) is 0.722. The number of hydrogen-bond donors (Lipinski definition) is 0. The van der Waals surface area contributed by atoms with Crippen molar-refractivity contribution in [2.45, 2.75) is 43.4 Å². The van der Waals surface area contributed by atoms with Gasteiger partial charge in [-0.1, -0.05) is 6.07 Å². The van der Waals surface area contributed by atoms with Crippen LogP contribution in [0.4, 0.5) is 0 Å². The molecule has 0 N–H and O–H groups in total. The molecule has 5 nitrogen and oxygen atoms in total. The number of thiophene rings is 1. The van der Waals surface area contributed by atoms with Crippen molar-refractivity contribution >= 4 is 29.1 Å². The van der Waals surface area contributed by atoms with Gasteiger partial charge >= 0.3 is 5.97 Å². The Morgan fingerprint density at radius 2 is 2.36 bits per heavy atom. The van der Waals surface area contributed by atoms with Gasteiger partial charge in [0.25, 0.3) is 0 Å². The third-order valence-corrected chi connectivity index (χ3v) is 8.74. The van der Waals surface area contributed by atoms with Crippen LogP contribution in [0.3, 0.4) is 0 Å². The molecule has 4 fully saturated rings. The summed E-state index contributed by atoms with van der Waals surface area (Å²) in [5.41, 5.74) is -0.587. The van der Waals surface area contributed by atoms with E-state index in [0.717, 1.165) is 17.9 Å². The summed E-state index contributed by atoms with van der Waals surface area (Å²) in [6.45, 7) is 1.84. The van der Waals surface area contributed by atoms with E-state index >= 15 is 0 Å². The lowest BCUT2D eigenvalue weighted by Gasteiger charge is -2.50. The maximum Gasteiger partial charge on any atom is 0.302 e. The van der Waals surface area contributed by atoms with E-state index in [9.17, 15) is 4.79 Å². The smallest absolute Gasteiger partial charge is 0.302 e. The van der Waals surface area contributed by atoms with E-state index in [2.05, 4.69) is 17.5 Å². The number of carbonyl (C=O) groups excluding carboxylic acids is 1. The minimum Gasteiger partial charge on any atom is -0.465 e. The van der Waals surface area contributed by atoms with Gasteiger partial charge in [0.05, 0.1) is 29.1 Å². The second-order valence-corrected chi connectivity index (χ2v) is 9.50. The normalized spacial score (nSPS) is 47.0. The first-order chi connectivity index (χ1) is 12.1. The highest BCUT2D eigenvalue weighted by molar-refractivity contribution is 7.99. The number of carbonyl (C=O) groups is 1. The quantitative estimate of drug-likeness (QED) is 0.747. The fourth-order valence-corrected chi connectivity index (χ4v) is 7.97. The van der Waals surface area contributed by atoms with E-state index < -0.39 is 0 Å². The molecule has 2 bridgehead atoms. The van der Waals surface area contributed by atoms with Crippen molar-refractivity contribution < 1.29 is 23.7 Å². The summed E-state index contributed by atoms with van der Waals surface area (Å²) >= 11 is 3.68.